The monoisotopic (exact) mass is 359 g/mol. The molecule has 8 heteroatoms. The van der Waals surface area contributed by atoms with Crippen LogP contribution in [0.2, 0.25) is 0 Å². The molecule has 3 rings (SSSR count). The van der Waals surface area contributed by atoms with Crippen LogP contribution in [0.4, 0.5) is 5.13 Å². The Morgan fingerprint density at radius 3 is 3.08 bits per heavy atom. The van der Waals surface area contributed by atoms with Gasteiger partial charge in [0, 0.05) is 11.8 Å². The van der Waals surface area contributed by atoms with E-state index < -0.39 is 5.91 Å². The molecule has 0 aliphatic carbocycles. The van der Waals surface area contributed by atoms with E-state index in [0.29, 0.717) is 21.9 Å². The maximum absolute atomic E-state index is 12.3. The van der Waals surface area contributed by atoms with Gasteiger partial charge in [0.2, 0.25) is 5.13 Å². The number of benzene rings is 1. The van der Waals surface area contributed by atoms with E-state index in [2.05, 4.69) is 22.1 Å². The zero-order chi connectivity index (χ0) is 17.1. The van der Waals surface area contributed by atoms with Crippen molar-refractivity contribution in [1.29, 1.82) is 0 Å². The molecule has 0 radical (unpaired) electrons. The van der Waals surface area contributed by atoms with Crippen LogP contribution in [0.1, 0.15) is 16.1 Å². The van der Waals surface area contributed by atoms with Gasteiger partial charge in [0.25, 0.3) is 5.91 Å². The molecule has 0 saturated heterocycles. The molecule has 0 unspecified atom stereocenters. The van der Waals surface area contributed by atoms with Gasteiger partial charge in [-0.3, -0.25) is 14.9 Å². The van der Waals surface area contributed by atoms with Crippen LogP contribution in [-0.2, 0) is 0 Å². The maximum atomic E-state index is 12.3. The number of nitrogens with zero attached hydrogens (tertiary/aromatic N) is 2. The first-order chi connectivity index (χ1) is 11.6. The number of hydrogen-bond donors (Lipinski definition) is 1. The fourth-order valence-corrected chi connectivity index (χ4v) is 3.55. The summed E-state index contributed by atoms with van der Waals surface area (Å²) in [4.78, 5) is 24.5. The number of aryl methyl sites for hydroxylation is 1. The molecule has 24 heavy (non-hydrogen) atoms. The second-order valence-corrected chi connectivity index (χ2v) is 7.10. The Hall–Kier alpha value is -2.45. The van der Waals surface area contributed by atoms with Crippen molar-refractivity contribution in [3.63, 3.8) is 0 Å². The molecule has 1 amide bonds. The number of amides is 1. The summed E-state index contributed by atoms with van der Waals surface area (Å²) in [5.41, 5.74) is 0.942. The van der Waals surface area contributed by atoms with Gasteiger partial charge in [-0.2, -0.15) is 0 Å². The Balaban J connectivity index is 1.86. The van der Waals surface area contributed by atoms with Crippen LogP contribution in [0, 0.1) is 6.92 Å². The van der Waals surface area contributed by atoms with Gasteiger partial charge in [0.15, 0.2) is 15.5 Å². The van der Waals surface area contributed by atoms with Gasteiger partial charge < -0.3 is 4.42 Å². The minimum absolute atomic E-state index is 0.0581. The highest BCUT2D eigenvalue weighted by Gasteiger charge is 2.15. The third-order valence-corrected chi connectivity index (χ3v) is 5.09. The van der Waals surface area contributed by atoms with Crippen molar-refractivity contribution in [3.05, 3.63) is 58.5 Å². The van der Waals surface area contributed by atoms with Crippen LogP contribution in [0.5, 0.6) is 0 Å². The van der Waals surface area contributed by atoms with E-state index in [1.54, 1.807) is 18.2 Å². The van der Waals surface area contributed by atoms with Gasteiger partial charge >= 0.3 is 0 Å². The van der Waals surface area contributed by atoms with Crippen LogP contribution < -0.4 is 10.7 Å². The molecule has 0 atom stereocenters. The molecule has 2 aromatic heterocycles. The zero-order valence-corrected chi connectivity index (χ0v) is 14.4. The zero-order valence-electron chi connectivity index (χ0n) is 12.7. The van der Waals surface area contributed by atoms with Crippen molar-refractivity contribution in [1.82, 2.24) is 10.2 Å². The standard InChI is InChI=1S/C16H13N3O3S2/c1-3-7-23-16-19-18-15(24-16)17-14(21)12-8-11(20)10-6-4-5-9(2)13(10)22-12/h3-6,8H,1,7H2,2H3,(H,17,18,21). The number of carbonyl (C=O) groups is 1. The summed E-state index contributed by atoms with van der Waals surface area (Å²) in [5.74, 6) is 0.118. The molecule has 122 valence electrons. The molecule has 1 N–H and O–H groups in total. The summed E-state index contributed by atoms with van der Waals surface area (Å²) < 4.78 is 6.33. The van der Waals surface area contributed by atoms with Gasteiger partial charge in [-0.1, -0.05) is 41.3 Å². The van der Waals surface area contributed by atoms with E-state index in [0.717, 1.165) is 9.90 Å². The second-order valence-electron chi connectivity index (χ2n) is 4.85. The van der Waals surface area contributed by atoms with Gasteiger partial charge in [0.1, 0.15) is 5.58 Å². The van der Waals surface area contributed by atoms with E-state index in [-0.39, 0.29) is 11.2 Å². The van der Waals surface area contributed by atoms with E-state index in [9.17, 15) is 9.59 Å². The van der Waals surface area contributed by atoms with Gasteiger partial charge in [-0.15, -0.1) is 16.8 Å². The Labute approximate surface area is 145 Å². The summed E-state index contributed by atoms with van der Waals surface area (Å²) in [7, 11) is 0. The Morgan fingerprint density at radius 2 is 2.29 bits per heavy atom. The number of para-hydroxylation sites is 1. The van der Waals surface area contributed by atoms with Gasteiger partial charge in [-0.05, 0) is 18.6 Å². The van der Waals surface area contributed by atoms with E-state index >= 15 is 0 Å². The summed E-state index contributed by atoms with van der Waals surface area (Å²) in [6, 6.07) is 6.45. The normalized spacial score (nSPS) is 10.7. The average Bonchev–Trinajstić information content (AvgIpc) is 3.01. The first kappa shape index (κ1) is 16.4. The highest BCUT2D eigenvalue weighted by Crippen LogP contribution is 2.26. The largest absolute Gasteiger partial charge is 0.450 e. The maximum Gasteiger partial charge on any atom is 0.293 e. The van der Waals surface area contributed by atoms with Crippen LogP contribution in [-0.4, -0.2) is 21.9 Å². The minimum atomic E-state index is -0.534. The van der Waals surface area contributed by atoms with Crippen LogP contribution in [0.25, 0.3) is 11.0 Å². The van der Waals surface area contributed by atoms with Crippen LogP contribution >= 0.6 is 23.1 Å². The fourth-order valence-electron chi connectivity index (χ4n) is 2.04. The molecule has 0 bridgehead atoms. The van der Waals surface area contributed by atoms with Crippen LogP contribution in [0.15, 0.2) is 50.5 Å². The molecule has 2 heterocycles. The molecular formula is C16H13N3O3S2. The lowest BCUT2D eigenvalue weighted by molar-refractivity contribution is 0.0997. The van der Waals surface area contributed by atoms with Crippen molar-refractivity contribution < 1.29 is 9.21 Å². The average molecular weight is 359 g/mol. The lowest BCUT2D eigenvalue weighted by atomic mass is 10.1. The van der Waals surface area contributed by atoms with Crippen molar-refractivity contribution in [2.24, 2.45) is 0 Å². The third-order valence-electron chi connectivity index (χ3n) is 3.13. The van der Waals surface area contributed by atoms with E-state index in [4.69, 9.17) is 4.42 Å². The number of nitrogens with one attached hydrogen (secondary N) is 1. The molecule has 0 saturated carbocycles. The number of carbonyl (C=O) groups excluding carboxylic acids is 1. The van der Waals surface area contributed by atoms with Crippen molar-refractivity contribution in [2.45, 2.75) is 11.3 Å². The van der Waals surface area contributed by atoms with Crippen molar-refractivity contribution in [2.75, 3.05) is 11.1 Å². The summed E-state index contributed by atoms with van der Waals surface area (Å²) >= 11 is 2.72. The summed E-state index contributed by atoms with van der Waals surface area (Å²) in [6.07, 6.45) is 1.76. The van der Waals surface area contributed by atoms with Gasteiger partial charge in [0.05, 0.1) is 5.39 Å². The number of thioether (sulfide) groups is 1. The number of aromatic nitrogens is 2. The topological polar surface area (TPSA) is 85.1 Å². The Morgan fingerprint density at radius 1 is 1.46 bits per heavy atom. The highest BCUT2D eigenvalue weighted by molar-refractivity contribution is 8.01. The first-order valence-corrected chi connectivity index (χ1v) is 8.80. The fraction of sp³-hybridized carbons (Fsp3) is 0.125. The van der Waals surface area contributed by atoms with E-state index in [1.807, 2.05) is 13.0 Å². The van der Waals surface area contributed by atoms with Crippen LogP contribution in [0.3, 0.4) is 0 Å². The molecule has 0 aliphatic heterocycles. The lowest BCUT2D eigenvalue weighted by Gasteiger charge is -2.04. The third kappa shape index (κ3) is 3.39. The SMILES string of the molecule is C=CCSc1nnc(NC(=O)c2cc(=O)c3cccc(C)c3o2)s1. The lowest BCUT2D eigenvalue weighted by Crippen LogP contribution is -2.15. The number of fused-ring (bicyclic) bond motifs is 1. The molecule has 0 fully saturated rings. The Kier molecular flexibility index (Phi) is 4.77. The highest BCUT2D eigenvalue weighted by atomic mass is 32.2. The van der Waals surface area contributed by atoms with Gasteiger partial charge in [-0.25, -0.2) is 0 Å². The molecule has 0 aliphatic rings. The van der Waals surface area contributed by atoms with Crippen molar-refractivity contribution in [3.8, 4) is 0 Å². The van der Waals surface area contributed by atoms with E-state index in [1.165, 1.54) is 29.2 Å². The smallest absolute Gasteiger partial charge is 0.293 e. The number of anilines is 1. The number of hydrogen-bond acceptors (Lipinski definition) is 7. The molecule has 3 aromatic rings. The molecular weight excluding hydrogens is 346 g/mol. The number of rotatable bonds is 5. The summed E-state index contributed by atoms with van der Waals surface area (Å²) in [6.45, 7) is 5.45. The predicted octanol–water partition coefficient (Wildman–Crippen LogP) is 3.48. The quantitative estimate of drug-likeness (QED) is 0.426. The first-order valence-electron chi connectivity index (χ1n) is 7.00. The molecule has 6 nitrogen and oxygen atoms in total. The predicted molar refractivity (Wildman–Crippen MR) is 96.0 cm³/mol. The van der Waals surface area contributed by atoms with Crippen molar-refractivity contribution >= 4 is 45.1 Å². The molecule has 0 spiro atoms. The minimum Gasteiger partial charge on any atom is -0.450 e. The Bertz CT molecular complexity index is 978. The summed E-state index contributed by atoms with van der Waals surface area (Å²) in [5, 5.41) is 11.3. The molecule has 1 aromatic carbocycles. The second kappa shape index (κ2) is 6.98.